The summed E-state index contributed by atoms with van der Waals surface area (Å²) in [5.74, 6) is 1.99. The van der Waals surface area contributed by atoms with Gasteiger partial charge in [0.05, 0.1) is 26.6 Å². The number of hydrogen-bond donors (Lipinski definition) is 2. The summed E-state index contributed by atoms with van der Waals surface area (Å²) < 4.78 is 18.8. The molecule has 0 spiro atoms. The fourth-order valence-electron chi connectivity index (χ4n) is 4.73. The fourth-order valence-corrected chi connectivity index (χ4v) is 5.65. The van der Waals surface area contributed by atoms with E-state index in [4.69, 9.17) is 14.2 Å². The van der Waals surface area contributed by atoms with Gasteiger partial charge < -0.3 is 24.8 Å². The van der Waals surface area contributed by atoms with E-state index < -0.39 is 5.25 Å². The number of nitrogens with one attached hydrogen (secondary N) is 2. The molecule has 3 aromatic rings. The Labute approximate surface area is 232 Å². The van der Waals surface area contributed by atoms with E-state index in [0.717, 1.165) is 31.2 Å². The number of ether oxygens (including phenoxy) is 3. The Balaban J connectivity index is 1.60. The van der Waals surface area contributed by atoms with Crippen molar-refractivity contribution in [3.8, 4) is 28.6 Å². The molecule has 0 radical (unpaired) electrons. The maximum absolute atomic E-state index is 13.1. The molecule has 1 aliphatic rings. The molecule has 208 valence electrons. The molecule has 1 aromatic heterocycles. The number of carbonyl (C=O) groups excluding carboxylic acids is 2. The van der Waals surface area contributed by atoms with E-state index in [2.05, 4.69) is 25.4 Å². The van der Waals surface area contributed by atoms with Crippen LogP contribution in [0.1, 0.15) is 52.0 Å². The van der Waals surface area contributed by atoms with Crippen molar-refractivity contribution in [3.63, 3.8) is 0 Å². The first-order valence-corrected chi connectivity index (χ1v) is 13.8. The van der Waals surface area contributed by atoms with Gasteiger partial charge in [-0.2, -0.15) is 0 Å². The number of rotatable bonds is 10. The maximum atomic E-state index is 13.1. The van der Waals surface area contributed by atoms with Crippen molar-refractivity contribution in [2.45, 2.75) is 62.4 Å². The number of nitrogens with zero attached hydrogens (tertiary/aromatic N) is 3. The van der Waals surface area contributed by atoms with E-state index in [-0.39, 0.29) is 17.9 Å². The van der Waals surface area contributed by atoms with Crippen LogP contribution in [0, 0.1) is 0 Å². The molecule has 1 saturated carbocycles. The zero-order valence-electron chi connectivity index (χ0n) is 22.9. The topological polar surface area (TPSA) is 117 Å². The van der Waals surface area contributed by atoms with Gasteiger partial charge in [0.25, 0.3) is 0 Å². The molecule has 0 bridgehead atoms. The molecule has 0 unspecified atom stereocenters. The van der Waals surface area contributed by atoms with Crippen LogP contribution < -0.4 is 24.8 Å². The Morgan fingerprint density at radius 2 is 1.51 bits per heavy atom. The molecule has 1 heterocycles. The molecule has 39 heavy (non-hydrogen) atoms. The maximum Gasteiger partial charge on any atom is 0.237 e. The van der Waals surface area contributed by atoms with Gasteiger partial charge >= 0.3 is 0 Å². The third-order valence-electron chi connectivity index (χ3n) is 6.65. The lowest BCUT2D eigenvalue weighted by Crippen LogP contribution is -2.23. The molecule has 2 N–H and O–H groups in total. The average Bonchev–Trinajstić information content (AvgIpc) is 3.36. The summed E-state index contributed by atoms with van der Waals surface area (Å²) in [6.07, 6.45) is 5.51. The summed E-state index contributed by atoms with van der Waals surface area (Å²) in [6, 6.07) is 11.0. The molecule has 0 saturated heterocycles. The second-order valence-corrected chi connectivity index (χ2v) is 10.7. The van der Waals surface area contributed by atoms with Gasteiger partial charge in [-0.1, -0.05) is 31.0 Å². The molecule has 1 fully saturated rings. The van der Waals surface area contributed by atoms with Gasteiger partial charge in [0, 0.05) is 29.9 Å². The second-order valence-electron chi connectivity index (χ2n) is 9.39. The van der Waals surface area contributed by atoms with Gasteiger partial charge in [0.2, 0.25) is 17.6 Å². The summed E-state index contributed by atoms with van der Waals surface area (Å²) in [5.41, 5.74) is 2.11. The smallest absolute Gasteiger partial charge is 0.237 e. The van der Waals surface area contributed by atoms with Crippen LogP contribution in [0.4, 0.5) is 11.4 Å². The monoisotopic (exact) mass is 553 g/mol. The molecule has 2 amide bonds. The van der Waals surface area contributed by atoms with Crippen molar-refractivity contribution in [1.29, 1.82) is 0 Å². The fraction of sp³-hybridized carbons (Fsp3) is 0.429. The number of anilines is 2. The molecular formula is C28H35N5O5S. The van der Waals surface area contributed by atoms with Gasteiger partial charge in [-0.05, 0) is 56.2 Å². The predicted molar refractivity (Wildman–Crippen MR) is 152 cm³/mol. The van der Waals surface area contributed by atoms with Gasteiger partial charge in [0.15, 0.2) is 22.5 Å². The summed E-state index contributed by atoms with van der Waals surface area (Å²) in [6.45, 7) is 3.30. The highest BCUT2D eigenvalue weighted by Gasteiger charge is 2.28. The Hall–Kier alpha value is -3.73. The van der Waals surface area contributed by atoms with E-state index >= 15 is 0 Å². The van der Waals surface area contributed by atoms with E-state index in [1.54, 1.807) is 45.6 Å². The van der Waals surface area contributed by atoms with Crippen molar-refractivity contribution in [2.24, 2.45) is 0 Å². The molecular weight excluding hydrogens is 518 g/mol. The number of methoxy groups -OCH3 is 3. The third-order valence-corrected chi connectivity index (χ3v) is 7.71. The summed E-state index contributed by atoms with van der Waals surface area (Å²) >= 11 is 1.38. The minimum atomic E-state index is -0.431. The Morgan fingerprint density at radius 1 is 0.923 bits per heavy atom. The van der Waals surface area contributed by atoms with Crippen LogP contribution in [-0.2, 0) is 9.59 Å². The molecule has 11 heteroatoms. The number of thioether (sulfide) groups is 1. The summed E-state index contributed by atoms with van der Waals surface area (Å²) in [7, 11) is 4.74. The van der Waals surface area contributed by atoms with Gasteiger partial charge in [-0.15, -0.1) is 10.2 Å². The Bertz CT molecular complexity index is 1280. The van der Waals surface area contributed by atoms with Crippen LogP contribution in [0.5, 0.6) is 17.2 Å². The predicted octanol–water partition coefficient (Wildman–Crippen LogP) is 5.55. The van der Waals surface area contributed by atoms with Crippen molar-refractivity contribution < 1.29 is 23.8 Å². The average molecular weight is 554 g/mol. The molecule has 1 atom stereocenters. The van der Waals surface area contributed by atoms with Crippen LogP contribution in [0.2, 0.25) is 0 Å². The molecule has 1 aliphatic carbocycles. The van der Waals surface area contributed by atoms with Crippen LogP contribution in [0.25, 0.3) is 11.4 Å². The normalized spacial score (nSPS) is 14.4. The van der Waals surface area contributed by atoms with Gasteiger partial charge in [-0.3, -0.25) is 14.2 Å². The molecule has 4 rings (SSSR count). The highest BCUT2D eigenvalue weighted by atomic mass is 32.2. The minimum Gasteiger partial charge on any atom is -0.493 e. The van der Waals surface area contributed by atoms with E-state index in [9.17, 15) is 9.59 Å². The number of carbonyl (C=O) groups is 2. The Kier molecular flexibility index (Phi) is 9.34. The minimum absolute atomic E-state index is 0.148. The van der Waals surface area contributed by atoms with Crippen molar-refractivity contribution in [3.05, 3.63) is 36.4 Å². The first kappa shape index (κ1) is 28.3. The van der Waals surface area contributed by atoms with Crippen LogP contribution >= 0.6 is 11.8 Å². The van der Waals surface area contributed by atoms with Crippen molar-refractivity contribution >= 4 is 35.0 Å². The SMILES string of the molecule is COc1cc(-c2nnc(S[C@H](C)C(=O)Nc3ccc(NC(C)=O)cc3)n2C2CCCCC2)cc(OC)c1OC. The molecule has 10 nitrogen and oxygen atoms in total. The highest BCUT2D eigenvalue weighted by Crippen LogP contribution is 2.43. The standard InChI is InChI=1S/C28H35N5O5S/c1-17(27(35)30-21-13-11-20(12-14-21)29-18(2)34)39-28-32-31-26(33(28)22-9-7-6-8-10-22)19-15-23(36-3)25(38-5)24(16-19)37-4/h11-17,22H,6-10H2,1-5H3,(H,29,34)(H,30,35)/t17-/m1/s1. The lowest BCUT2D eigenvalue weighted by molar-refractivity contribution is -0.115. The van der Waals surface area contributed by atoms with Crippen molar-refractivity contribution in [2.75, 3.05) is 32.0 Å². The van der Waals surface area contributed by atoms with Crippen LogP contribution in [0.3, 0.4) is 0 Å². The number of benzene rings is 2. The molecule has 2 aromatic carbocycles. The van der Waals surface area contributed by atoms with Crippen molar-refractivity contribution in [1.82, 2.24) is 14.8 Å². The van der Waals surface area contributed by atoms with Gasteiger partial charge in [0.1, 0.15) is 0 Å². The van der Waals surface area contributed by atoms with E-state index in [0.29, 0.717) is 39.6 Å². The first-order valence-electron chi connectivity index (χ1n) is 12.9. The number of amides is 2. The number of hydrogen-bond acceptors (Lipinski definition) is 8. The molecule has 0 aliphatic heterocycles. The second kappa shape index (κ2) is 12.9. The third kappa shape index (κ3) is 6.65. The zero-order chi connectivity index (χ0) is 27.9. The zero-order valence-corrected chi connectivity index (χ0v) is 23.8. The largest absolute Gasteiger partial charge is 0.493 e. The quantitative estimate of drug-likeness (QED) is 0.314. The van der Waals surface area contributed by atoms with Gasteiger partial charge in [-0.25, -0.2) is 0 Å². The van der Waals surface area contributed by atoms with Crippen LogP contribution in [0.15, 0.2) is 41.6 Å². The highest BCUT2D eigenvalue weighted by molar-refractivity contribution is 8.00. The summed E-state index contributed by atoms with van der Waals surface area (Å²) in [5, 5.41) is 15.0. The summed E-state index contributed by atoms with van der Waals surface area (Å²) in [4.78, 5) is 24.3. The van der Waals surface area contributed by atoms with E-state index in [1.807, 2.05) is 19.1 Å². The number of aromatic nitrogens is 3. The first-order chi connectivity index (χ1) is 18.8. The Morgan fingerprint density at radius 3 is 2.05 bits per heavy atom. The van der Waals surface area contributed by atoms with Crippen LogP contribution in [-0.4, -0.2) is 53.2 Å². The lowest BCUT2D eigenvalue weighted by Gasteiger charge is -2.26. The van der Waals surface area contributed by atoms with E-state index in [1.165, 1.54) is 25.1 Å². The lowest BCUT2D eigenvalue weighted by atomic mass is 9.95.